The van der Waals surface area contributed by atoms with Gasteiger partial charge in [0.25, 0.3) is 0 Å². The van der Waals surface area contributed by atoms with Crippen LogP contribution in [-0.2, 0) is 19.2 Å². The smallest absolute Gasteiger partial charge is 0.328 e. The fraction of sp³-hybridized carbons (Fsp3) is 0.615. The molecule has 4 rings (SSSR count). The Morgan fingerprint density at radius 2 is 1.71 bits per heavy atom. The summed E-state index contributed by atoms with van der Waals surface area (Å²) in [7, 11) is 0. The van der Waals surface area contributed by atoms with Crippen molar-refractivity contribution in [2.75, 3.05) is 6.01 Å². The fourth-order valence-corrected chi connectivity index (χ4v) is 8.03. The van der Waals surface area contributed by atoms with Gasteiger partial charge in [-0.2, -0.15) is 0 Å². The number of hydrogen-bond donors (Lipinski definition) is 4. The molecule has 3 saturated carbocycles. The van der Waals surface area contributed by atoms with Crippen LogP contribution >= 0.6 is 11.8 Å². The van der Waals surface area contributed by atoms with Gasteiger partial charge in [-0.1, -0.05) is 31.7 Å². The average Bonchev–Trinajstić information content (AvgIpc) is 3.03. The number of allylic oxidation sites excluding steroid dienone is 4. The Hall–Kier alpha value is -2.44. The lowest BCUT2D eigenvalue weighted by atomic mass is 9.44. The predicted molar refractivity (Wildman–Crippen MR) is 131 cm³/mol. The summed E-state index contributed by atoms with van der Waals surface area (Å²) < 4.78 is 45.1. The Morgan fingerprint density at radius 3 is 2.24 bits per heavy atom. The molecule has 8 nitrogen and oxygen atoms in total. The van der Waals surface area contributed by atoms with Crippen LogP contribution in [-0.4, -0.2) is 72.8 Å². The van der Waals surface area contributed by atoms with Gasteiger partial charge >= 0.3 is 11.9 Å². The largest absolute Gasteiger partial charge is 0.478 e. The maximum atomic E-state index is 16.9. The van der Waals surface area contributed by atoms with E-state index in [-0.39, 0.29) is 24.8 Å². The summed E-state index contributed by atoms with van der Waals surface area (Å²) in [5, 5.41) is 37.5. The number of carbonyl (C=O) groups excluding carboxylic acids is 2. The number of fused-ring (bicyclic) bond motifs is 5. The Morgan fingerprint density at radius 1 is 1.13 bits per heavy atom. The van der Waals surface area contributed by atoms with Gasteiger partial charge in [-0.25, -0.2) is 22.8 Å². The summed E-state index contributed by atoms with van der Waals surface area (Å²) >= 11 is 0.371. The van der Waals surface area contributed by atoms with Gasteiger partial charge < -0.3 is 20.4 Å². The molecule has 0 heterocycles. The minimum atomic E-state index is -2.26. The monoisotopic (exact) mass is 560 g/mol. The van der Waals surface area contributed by atoms with Gasteiger partial charge in [0.1, 0.15) is 17.8 Å². The van der Waals surface area contributed by atoms with Crippen molar-refractivity contribution in [1.29, 1.82) is 0 Å². The zero-order chi connectivity index (χ0) is 28.8. The van der Waals surface area contributed by atoms with Crippen molar-refractivity contribution in [2.45, 2.75) is 63.6 Å². The first kappa shape index (κ1) is 30.1. The average molecular weight is 561 g/mol. The molecular formula is C26H31F3O8S. The lowest BCUT2D eigenvalue weighted by Crippen LogP contribution is -2.70. The van der Waals surface area contributed by atoms with E-state index >= 15 is 8.78 Å². The van der Waals surface area contributed by atoms with Crippen molar-refractivity contribution in [3.63, 3.8) is 0 Å². The molecule has 4 aliphatic rings. The summed E-state index contributed by atoms with van der Waals surface area (Å²) in [4.78, 5) is 43.7. The van der Waals surface area contributed by atoms with E-state index in [4.69, 9.17) is 10.2 Å². The maximum Gasteiger partial charge on any atom is 0.328 e. The van der Waals surface area contributed by atoms with Crippen molar-refractivity contribution >= 4 is 34.6 Å². The van der Waals surface area contributed by atoms with Gasteiger partial charge in [-0.15, -0.1) is 0 Å². The highest BCUT2D eigenvalue weighted by molar-refractivity contribution is 8.13. The zero-order valence-corrected chi connectivity index (χ0v) is 21.9. The molecule has 3 fully saturated rings. The highest BCUT2D eigenvalue weighted by atomic mass is 32.2. The zero-order valence-electron chi connectivity index (χ0n) is 21.1. The Balaban J connectivity index is 0.000000436. The summed E-state index contributed by atoms with van der Waals surface area (Å²) in [6.07, 6.45) is 1.42. The molecule has 0 radical (unpaired) electrons. The standard InChI is InChI=1S/C22H27F3O4S.C4H4O4/c1-11-6-13-14-8-16(24)15-7-12(26)4-5-19(15,2)21(14,25)17(27)9-20(13,3)22(11,29)18(28)30-10-23;5-3(6)1-2-4(7)8/h4-5,7,11,13-14,16-17,27,29H,6,8-10H2,1-3H3;1-2H,(H,5,6)(H,7,8)/t11-,13+,14+,16+,17+,19+,20+,21+,22+;/m1./s1. The molecule has 0 aliphatic heterocycles. The molecule has 38 heavy (non-hydrogen) atoms. The number of carboxylic acids is 2. The molecule has 0 bridgehead atoms. The molecular weight excluding hydrogens is 529 g/mol. The third-order valence-electron chi connectivity index (χ3n) is 9.08. The van der Waals surface area contributed by atoms with E-state index in [2.05, 4.69) is 0 Å². The van der Waals surface area contributed by atoms with Crippen LogP contribution in [0.5, 0.6) is 0 Å². The van der Waals surface area contributed by atoms with E-state index in [0.717, 1.165) is 6.08 Å². The van der Waals surface area contributed by atoms with Crippen molar-refractivity contribution in [3.05, 3.63) is 36.0 Å². The number of thioether (sulfide) groups is 1. The maximum absolute atomic E-state index is 16.9. The van der Waals surface area contributed by atoms with Gasteiger partial charge in [0.2, 0.25) is 5.12 Å². The molecule has 0 aromatic rings. The second-order valence-corrected chi connectivity index (χ2v) is 11.7. The van der Waals surface area contributed by atoms with Crippen LogP contribution < -0.4 is 0 Å². The molecule has 12 heteroatoms. The summed E-state index contributed by atoms with van der Waals surface area (Å²) in [5.74, 6) is -5.08. The lowest BCUT2D eigenvalue weighted by molar-refractivity contribution is -0.221. The fourth-order valence-electron chi connectivity index (χ4n) is 7.28. The predicted octanol–water partition coefficient (Wildman–Crippen LogP) is 3.18. The van der Waals surface area contributed by atoms with Crippen LogP contribution in [0.2, 0.25) is 0 Å². The van der Waals surface area contributed by atoms with E-state index in [1.165, 1.54) is 19.1 Å². The lowest BCUT2D eigenvalue weighted by Gasteiger charge is -2.63. The van der Waals surface area contributed by atoms with Crippen LogP contribution in [0.25, 0.3) is 0 Å². The number of aliphatic hydroxyl groups excluding tert-OH is 1. The van der Waals surface area contributed by atoms with Crippen LogP contribution in [0.4, 0.5) is 13.2 Å². The number of alkyl halides is 3. The van der Waals surface area contributed by atoms with Crippen LogP contribution in [0.15, 0.2) is 36.0 Å². The summed E-state index contributed by atoms with van der Waals surface area (Å²) in [5.41, 5.74) is -6.91. The van der Waals surface area contributed by atoms with Crippen LogP contribution in [0, 0.1) is 28.6 Å². The Kier molecular flexibility index (Phi) is 8.14. The highest BCUT2D eigenvalue weighted by Crippen LogP contribution is 2.71. The molecule has 4 N–H and O–H groups in total. The minimum Gasteiger partial charge on any atom is -0.478 e. The molecule has 0 aromatic carbocycles. The van der Waals surface area contributed by atoms with Crippen molar-refractivity contribution < 1.29 is 52.8 Å². The van der Waals surface area contributed by atoms with Gasteiger partial charge in [0.15, 0.2) is 11.5 Å². The summed E-state index contributed by atoms with van der Waals surface area (Å²) in [6.45, 7) is 4.79. The normalized spacial score (nSPS) is 43.3. The molecule has 9 atom stereocenters. The summed E-state index contributed by atoms with van der Waals surface area (Å²) in [6, 6.07) is -0.995. The molecule has 0 spiro atoms. The number of ketones is 1. The first-order valence-corrected chi connectivity index (χ1v) is 13.0. The first-order chi connectivity index (χ1) is 17.5. The van der Waals surface area contributed by atoms with E-state index in [9.17, 15) is 33.8 Å². The number of halogens is 3. The van der Waals surface area contributed by atoms with Gasteiger partial charge in [-0.05, 0) is 55.7 Å². The molecule has 0 amide bonds. The first-order valence-electron chi connectivity index (χ1n) is 12.1. The van der Waals surface area contributed by atoms with E-state index in [1.54, 1.807) is 13.8 Å². The number of carboxylic acid groups (broad SMARTS) is 2. The van der Waals surface area contributed by atoms with Gasteiger partial charge in [0, 0.05) is 28.9 Å². The SMILES string of the molecule is C[C@@H]1C[C@H]2[C@@H]3C[C@H](F)C4=CC(=O)C=C[C@]4(C)[C@@]3(F)[C@@H](O)C[C@]2(C)[C@@]1(O)C(=O)SCF.O=C(O)C=CC(=O)O. The number of aliphatic hydroxyl groups is 2. The molecule has 0 saturated heterocycles. The number of carbonyl (C=O) groups is 4. The van der Waals surface area contributed by atoms with Crippen LogP contribution in [0.1, 0.15) is 40.0 Å². The second-order valence-electron chi connectivity index (χ2n) is 10.8. The number of rotatable bonds is 4. The highest BCUT2D eigenvalue weighted by Gasteiger charge is 2.76. The number of aliphatic carboxylic acids is 2. The van der Waals surface area contributed by atoms with Crippen molar-refractivity contribution in [2.24, 2.45) is 28.6 Å². The third-order valence-corrected chi connectivity index (χ3v) is 9.76. The topological polar surface area (TPSA) is 149 Å². The minimum absolute atomic E-state index is 0.0294. The number of hydrogen-bond acceptors (Lipinski definition) is 7. The van der Waals surface area contributed by atoms with E-state index in [1.807, 2.05) is 0 Å². The second kappa shape index (κ2) is 10.3. The molecule has 0 aromatic heterocycles. The molecule has 210 valence electrons. The Labute approximate surface area is 221 Å². The van der Waals surface area contributed by atoms with E-state index in [0.29, 0.717) is 23.9 Å². The van der Waals surface area contributed by atoms with Gasteiger partial charge in [-0.3, -0.25) is 9.59 Å². The van der Waals surface area contributed by atoms with E-state index < -0.39 is 81.0 Å². The quantitative estimate of drug-likeness (QED) is 0.380. The van der Waals surface area contributed by atoms with Crippen molar-refractivity contribution in [3.8, 4) is 0 Å². The van der Waals surface area contributed by atoms with Crippen molar-refractivity contribution in [1.82, 2.24) is 0 Å². The molecule has 0 unspecified atom stereocenters. The van der Waals surface area contributed by atoms with Gasteiger partial charge in [0.05, 0.1) is 6.10 Å². The Bertz CT molecular complexity index is 1110. The van der Waals surface area contributed by atoms with Crippen LogP contribution in [0.3, 0.4) is 0 Å². The molecule has 4 aliphatic carbocycles. The third kappa shape index (κ3) is 4.34.